The van der Waals surface area contributed by atoms with Crippen LogP contribution in [0, 0.1) is 17.5 Å². The van der Waals surface area contributed by atoms with Crippen LogP contribution in [0.25, 0.3) is 0 Å². The van der Waals surface area contributed by atoms with E-state index >= 15 is 0 Å². The van der Waals surface area contributed by atoms with E-state index in [-0.39, 0.29) is 0 Å². The second kappa shape index (κ2) is 4.95. The average molecular weight is 215 g/mol. The molecule has 4 nitrogen and oxygen atoms in total. The molecule has 0 unspecified atom stereocenters. The molecular weight excluding hydrogens is 200 g/mol. The molecule has 0 saturated carbocycles. The first-order chi connectivity index (χ1) is 7.86. The third-order valence-corrected chi connectivity index (χ3v) is 2.88. The van der Waals surface area contributed by atoms with E-state index in [4.69, 9.17) is 5.26 Å². The van der Waals surface area contributed by atoms with Crippen LogP contribution in [0.4, 0.5) is 5.69 Å². The summed E-state index contributed by atoms with van der Waals surface area (Å²) < 4.78 is 0. The van der Waals surface area contributed by atoms with Crippen LogP contribution < -0.4 is 10.2 Å². The zero-order valence-electron chi connectivity index (χ0n) is 9.45. The molecule has 0 atom stereocenters. The molecule has 1 aromatic rings. The molecule has 0 bridgehead atoms. The highest BCUT2D eigenvalue weighted by Gasteiger charge is 2.16. The van der Waals surface area contributed by atoms with E-state index in [9.17, 15) is 0 Å². The molecule has 1 saturated heterocycles. The number of anilines is 1. The third kappa shape index (κ3) is 2.00. The topological polar surface area (TPSA) is 52.0 Å². The van der Waals surface area contributed by atoms with Crippen molar-refractivity contribution in [2.45, 2.75) is 13.3 Å². The number of rotatable bonds is 2. The Bertz CT molecular complexity index is 402. The Labute approximate surface area is 95.9 Å². The van der Waals surface area contributed by atoms with Gasteiger partial charge in [-0.25, -0.2) is 0 Å². The molecule has 0 aliphatic carbocycles. The van der Waals surface area contributed by atoms with Gasteiger partial charge >= 0.3 is 0 Å². The predicted molar refractivity (Wildman–Crippen MR) is 62.2 cm³/mol. The molecule has 1 aliphatic rings. The Hall–Kier alpha value is -1.60. The number of aromatic nitrogens is 1. The first-order valence-corrected chi connectivity index (χ1v) is 5.62. The van der Waals surface area contributed by atoms with Crippen LogP contribution in [0.1, 0.15) is 18.1 Å². The Morgan fingerprint density at radius 3 is 2.94 bits per heavy atom. The van der Waals surface area contributed by atoms with E-state index in [2.05, 4.69) is 34.4 Å². The van der Waals surface area contributed by atoms with Crippen molar-refractivity contribution in [3.63, 3.8) is 0 Å². The van der Waals surface area contributed by atoms with E-state index in [1.807, 2.05) is 0 Å². The highest BCUT2D eigenvalue weighted by molar-refractivity contribution is 5.57. The Balaban J connectivity index is 2.35. The van der Waals surface area contributed by atoms with E-state index in [0.29, 0.717) is 5.56 Å². The molecule has 1 N–H and O–H groups in total. The molecular formula is C12H15N4. The summed E-state index contributed by atoms with van der Waals surface area (Å²) in [5.41, 5.74) is 2.75. The summed E-state index contributed by atoms with van der Waals surface area (Å²) in [6.07, 6.45) is 5.48. The van der Waals surface area contributed by atoms with Crippen LogP contribution in [0.3, 0.4) is 0 Å². The van der Waals surface area contributed by atoms with Crippen LogP contribution in [0.15, 0.2) is 6.20 Å². The van der Waals surface area contributed by atoms with Crippen molar-refractivity contribution in [1.82, 2.24) is 10.3 Å². The maximum Gasteiger partial charge on any atom is 0.114 e. The highest BCUT2D eigenvalue weighted by Crippen LogP contribution is 2.22. The quantitative estimate of drug-likeness (QED) is 0.790. The minimum atomic E-state index is 0.676. The van der Waals surface area contributed by atoms with E-state index < -0.39 is 0 Å². The fourth-order valence-electron chi connectivity index (χ4n) is 2.04. The molecule has 0 aromatic carbocycles. The van der Waals surface area contributed by atoms with Gasteiger partial charge in [0.2, 0.25) is 0 Å². The SMILES string of the molecule is CCc1c(N2CCNCC2)[c]ncc1C#N. The van der Waals surface area contributed by atoms with E-state index in [1.54, 1.807) is 6.20 Å². The van der Waals surface area contributed by atoms with Gasteiger partial charge in [0.05, 0.1) is 11.3 Å². The summed E-state index contributed by atoms with van der Waals surface area (Å²) in [6, 6.07) is 2.20. The molecule has 1 aliphatic heterocycles. The maximum absolute atomic E-state index is 9.04. The minimum Gasteiger partial charge on any atom is -0.367 e. The predicted octanol–water partition coefficient (Wildman–Crippen LogP) is 0.725. The van der Waals surface area contributed by atoms with Crippen LogP contribution in [0.5, 0.6) is 0 Å². The lowest BCUT2D eigenvalue weighted by molar-refractivity contribution is 0.587. The van der Waals surface area contributed by atoms with Gasteiger partial charge in [0, 0.05) is 32.4 Å². The lowest BCUT2D eigenvalue weighted by Crippen LogP contribution is -2.44. The molecule has 1 radical (unpaired) electrons. The lowest BCUT2D eigenvalue weighted by Gasteiger charge is -2.30. The van der Waals surface area contributed by atoms with Crippen LogP contribution in [-0.4, -0.2) is 31.2 Å². The second-order valence-electron chi connectivity index (χ2n) is 3.81. The van der Waals surface area contributed by atoms with E-state index in [1.165, 1.54) is 0 Å². The van der Waals surface area contributed by atoms with E-state index in [0.717, 1.165) is 43.9 Å². The van der Waals surface area contributed by atoms with Gasteiger partial charge in [-0.2, -0.15) is 5.26 Å². The van der Waals surface area contributed by atoms with Crippen molar-refractivity contribution in [2.24, 2.45) is 0 Å². The molecule has 16 heavy (non-hydrogen) atoms. The summed E-state index contributed by atoms with van der Waals surface area (Å²) in [4.78, 5) is 6.28. The summed E-state index contributed by atoms with van der Waals surface area (Å²) in [5.74, 6) is 0. The van der Waals surface area contributed by atoms with Gasteiger partial charge in [0.25, 0.3) is 0 Å². The molecule has 2 heterocycles. The molecule has 0 amide bonds. The number of piperazine rings is 1. The Kier molecular flexibility index (Phi) is 3.37. The van der Waals surface area contributed by atoms with Crippen molar-refractivity contribution >= 4 is 5.69 Å². The first-order valence-electron chi connectivity index (χ1n) is 5.62. The number of hydrogen-bond acceptors (Lipinski definition) is 4. The fourth-order valence-corrected chi connectivity index (χ4v) is 2.04. The molecule has 83 valence electrons. The van der Waals surface area contributed by atoms with Crippen molar-refractivity contribution < 1.29 is 0 Å². The minimum absolute atomic E-state index is 0.676. The van der Waals surface area contributed by atoms with Gasteiger partial charge in [-0.3, -0.25) is 4.98 Å². The molecule has 2 rings (SSSR count). The van der Waals surface area contributed by atoms with Crippen molar-refractivity contribution in [2.75, 3.05) is 31.1 Å². The zero-order chi connectivity index (χ0) is 11.4. The maximum atomic E-state index is 9.04. The Morgan fingerprint density at radius 1 is 1.56 bits per heavy atom. The van der Waals surface area contributed by atoms with Crippen LogP contribution in [-0.2, 0) is 6.42 Å². The van der Waals surface area contributed by atoms with Gasteiger partial charge in [-0.1, -0.05) is 6.92 Å². The summed E-state index contributed by atoms with van der Waals surface area (Å²) in [6.45, 7) is 5.94. The summed E-state index contributed by atoms with van der Waals surface area (Å²) >= 11 is 0. The number of nitrogens with one attached hydrogen (secondary N) is 1. The fraction of sp³-hybridized carbons (Fsp3) is 0.500. The van der Waals surface area contributed by atoms with Gasteiger partial charge < -0.3 is 10.2 Å². The normalized spacial score (nSPS) is 15.9. The van der Waals surface area contributed by atoms with Crippen molar-refractivity contribution in [1.29, 1.82) is 5.26 Å². The number of pyridine rings is 1. The largest absolute Gasteiger partial charge is 0.367 e. The monoisotopic (exact) mass is 215 g/mol. The Morgan fingerprint density at radius 2 is 2.31 bits per heavy atom. The summed E-state index contributed by atoms with van der Waals surface area (Å²) in [5, 5.41) is 12.3. The zero-order valence-corrected chi connectivity index (χ0v) is 9.45. The molecule has 1 fully saturated rings. The van der Waals surface area contributed by atoms with Crippen molar-refractivity contribution in [3.8, 4) is 6.07 Å². The third-order valence-electron chi connectivity index (χ3n) is 2.88. The second-order valence-corrected chi connectivity index (χ2v) is 3.81. The van der Waals surface area contributed by atoms with Gasteiger partial charge in [-0.05, 0) is 12.0 Å². The van der Waals surface area contributed by atoms with Crippen molar-refractivity contribution in [3.05, 3.63) is 23.5 Å². The number of hydrogen-bond donors (Lipinski definition) is 1. The van der Waals surface area contributed by atoms with Crippen LogP contribution >= 0.6 is 0 Å². The average Bonchev–Trinajstić information content (AvgIpc) is 2.38. The van der Waals surface area contributed by atoms with Gasteiger partial charge in [0.15, 0.2) is 0 Å². The summed E-state index contributed by atoms with van der Waals surface area (Å²) in [7, 11) is 0. The highest BCUT2D eigenvalue weighted by atomic mass is 15.2. The molecule has 1 aromatic heterocycles. The van der Waals surface area contributed by atoms with Gasteiger partial charge in [0.1, 0.15) is 12.3 Å². The lowest BCUT2D eigenvalue weighted by atomic mass is 10.1. The van der Waals surface area contributed by atoms with Crippen LogP contribution in [0.2, 0.25) is 0 Å². The first kappa shape index (κ1) is 10.9. The number of nitriles is 1. The van der Waals surface area contributed by atoms with Gasteiger partial charge in [-0.15, -0.1) is 0 Å². The molecule has 0 spiro atoms. The standard InChI is InChI=1S/C12H15N4/c1-2-11-10(7-13)8-15-9-12(11)16-5-3-14-4-6-16/h8,14H,2-6H2,1H3. The number of nitrogens with zero attached hydrogens (tertiary/aromatic N) is 3. The smallest absolute Gasteiger partial charge is 0.114 e. The molecule has 4 heteroatoms.